The van der Waals surface area contributed by atoms with E-state index < -0.39 is 0 Å². The van der Waals surface area contributed by atoms with Gasteiger partial charge in [-0.3, -0.25) is 9.59 Å². The van der Waals surface area contributed by atoms with E-state index in [-0.39, 0.29) is 17.9 Å². The molecular formula is C14H19BrN2O2S. The summed E-state index contributed by atoms with van der Waals surface area (Å²) in [5, 5.41) is 5.54. The first-order valence-corrected chi connectivity index (χ1v) is 8.12. The van der Waals surface area contributed by atoms with E-state index >= 15 is 0 Å². The zero-order chi connectivity index (χ0) is 15.0. The second-order valence-corrected chi connectivity index (χ2v) is 6.89. The summed E-state index contributed by atoms with van der Waals surface area (Å²) < 4.78 is 1.03. The van der Waals surface area contributed by atoms with E-state index in [9.17, 15) is 9.59 Å². The Hall–Kier alpha value is -1.14. The molecule has 1 unspecified atom stereocenters. The van der Waals surface area contributed by atoms with Gasteiger partial charge in [-0.25, -0.2) is 0 Å². The smallest absolute Gasteiger partial charge is 0.244 e. The van der Waals surface area contributed by atoms with E-state index in [0.29, 0.717) is 13.0 Å². The van der Waals surface area contributed by atoms with E-state index in [2.05, 4.69) is 26.6 Å². The minimum absolute atomic E-state index is 0.0363. The summed E-state index contributed by atoms with van der Waals surface area (Å²) in [5.41, 5.74) is 0. The van der Waals surface area contributed by atoms with Crippen molar-refractivity contribution in [3.05, 3.63) is 26.9 Å². The lowest BCUT2D eigenvalue weighted by molar-refractivity contribution is -0.121. The molecule has 1 aromatic heterocycles. The SMILES string of the molecule is CCC(C)NC(=O)CCNC(=O)/C=C/c1ccc(Br)s1. The third-order valence-corrected chi connectivity index (χ3v) is 4.25. The lowest BCUT2D eigenvalue weighted by Crippen LogP contribution is -2.34. The molecule has 0 aliphatic carbocycles. The lowest BCUT2D eigenvalue weighted by atomic mass is 10.2. The molecule has 0 saturated heterocycles. The molecule has 1 rings (SSSR count). The molecular weight excluding hydrogens is 340 g/mol. The van der Waals surface area contributed by atoms with Gasteiger partial charge in [-0.2, -0.15) is 0 Å². The Morgan fingerprint density at radius 1 is 1.45 bits per heavy atom. The first-order valence-electron chi connectivity index (χ1n) is 6.52. The number of carbonyl (C=O) groups is 2. The van der Waals surface area contributed by atoms with Crippen molar-refractivity contribution in [2.45, 2.75) is 32.7 Å². The zero-order valence-electron chi connectivity index (χ0n) is 11.6. The van der Waals surface area contributed by atoms with Crippen molar-refractivity contribution in [2.24, 2.45) is 0 Å². The third-order valence-electron chi connectivity index (χ3n) is 2.66. The number of nitrogens with one attached hydrogen (secondary N) is 2. The standard InChI is InChI=1S/C14H19BrN2O2S/c1-3-10(2)17-14(19)8-9-16-13(18)7-5-11-4-6-12(15)20-11/h4-7,10H,3,8-9H2,1-2H3,(H,16,18)(H,17,19)/b7-5+. The molecule has 110 valence electrons. The van der Waals surface area contributed by atoms with Crippen LogP contribution in [0.4, 0.5) is 0 Å². The van der Waals surface area contributed by atoms with Gasteiger partial charge in [-0.1, -0.05) is 6.92 Å². The predicted octanol–water partition coefficient (Wildman–Crippen LogP) is 2.94. The fourth-order valence-corrected chi connectivity index (χ4v) is 2.71. The van der Waals surface area contributed by atoms with Crippen LogP contribution < -0.4 is 10.6 Å². The summed E-state index contributed by atoms with van der Waals surface area (Å²) in [5.74, 6) is -0.225. The Kier molecular flexibility index (Phi) is 7.54. The molecule has 20 heavy (non-hydrogen) atoms. The predicted molar refractivity (Wildman–Crippen MR) is 86.6 cm³/mol. The van der Waals surface area contributed by atoms with Crippen LogP contribution in [0.15, 0.2) is 22.0 Å². The Balaban J connectivity index is 2.23. The van der Waals surface area contributed by atoms with Crippen LogP contribution in [0, 0.1) is 0 Å². The van der Waals surface area contributed by atoms with E-state index in [4.69, 9.17) is 0 Å². The van der Waals surface area contributed by atoms with E-state index in [1.807, 2.05) is 26.0 Å². The van der Waals surface area contributed by atoms with Gasteiger partial charge in [0.25, 0.3) is 0 Å². The molecule has 0 saturated carbocycles. The average Bonchev–Trinajstić information content (AvgIpc) is 2.82. The second kappa shape index (κ2) is 8.92. The van der Waals surface area contributed by atoms with Crippen molar-refractivity contribution >= 4 is 45.2 Å². The molecule has 0 aromatic carbocycles. The zero-order valence-corrected chi connectivity index (χ0v) is 14.0. The normalized spacial score (nSPS) is 12.3. The molecule has 1 aromatic rings. The van der Waals surface area contributed by atoms with Crippen LogP contribution in [0.25, 0.3) is 6.08 Å². The monoisotopic (exact) mass is 358 g/mol. The summed E-state index contributed by atoms with van der Waals surface area (Å²) in [7, 11) is 0. The molecule has 2 N–H and O–H groups in total. The minimum Gasteiger partial charge on any atom is -0.354 e. The van der Waals surface area contributed by atoms with Crippen molar-refractivity contribution in [3.8, 4) is 0 Å². The summed E-state index contributed by atoms with van der Waals surface area (Å²) >= 11 is 4.92. The fraction of sp³-hybridized carbons (Fsp3) is 0.429. The number of rotatable bonds is 7. The van der Waals surface area contributed by atoms with Gasteiger partial charge >= 0.3 is 0 Å². The molecule has 2 amide bonds. The number of carbonyl (C=O) groups excluding carboxylic acids is 2. The Labute approximate surface area is 131 Å². The van der Waals surface area contributed by atoms with Crippen molar-refractivity contribution in [3.63, 3.8) is 0 Å². The average molecular weight is 359 g/mol. The molecule has 4 nitrogen and oxygen atoms in total. The Morgan fingerprint density at radius 2 is 2.20 bits per heavy atom. The molecule has 0 radical (unpaired) electrons. The maximum absolute atomic E-state index is 11.5. The van der Waals surface area contributed by atoms with Crippen LogP contribution in [0.1, 0.15) is 31.6 Å². The van der Waals surface area contributed by atoms with Gasteiger partial charge in [0.05, 0.1) is 3.79 Å². The molecule has 1 heterocycles. The van der Waals surface area contributed by atoms with Gasteiger partial charge in [-0.15, -0.1) is 11.3 Å². The second-order valence-electron chi connectivity index (χ2n) is 4.39. The van der Waals surface area contributed by atoms with Gasteiger partial charge in [0.1, 0.15) is 0 Å². The van der Waals surface area contributed by atoms with Crippen LogP contribution >= 0.6 is 27.3 Å². The number of amides is 2. The van der Waals surface area contributed by atoms with Crippen molar-refractivity contribution in [1.82, 2.24) is 10.6 Å². The maximum Gasteiger partial charge on any atom is 0.244 e. The van der Waals surface area contributed by atoms with Crippen LogP contribution in [-0.2, 0) is 9.59 Å². The quantitative estimate of drug-likeness (QED) is 0.736. The first-order chi connectivity index (χ1) is 9.51. The molecule has 0 spiro atoms. The van der Waals surface area contributed by atoms with Crippen molar-refractivity contribution in [1.29, 1.82) is 0 Å². The largest absolute Gasteiger partial charge is 0.354 e. The van der Waals surface area contributed by atoms with Gasteiger partial charge in [0.15, 0.2) is 0 Å². The highest BCUT2D eigenvalue weighted by molar-refractivity contribution is 9.11. The molecule has 1 atom stereocenters. The van der Waals surface area contributed by atoms with Gasteiger partial charge in [-0.05, 0) is 47.5 Å². The van der Waals surface area contributed by atoms with E-state index in [1.54, 1.807) is 17.4 Å². The van der Waals surface area contributed by atoms with Gasteiger partial charge < -0.3 is 10.6 Å². The number of thiophene rings is 1. The minimum atomic E-state index is -0.189. The fourth-order valence-electron chi connectivity index (χ4n) is 1.38. The third kappa shape index (κ3) is 6.86. The summed E-state index contributed by atoms with van der Waals surface area (Å²) in [6.45, 7) is 4.32. The maximum atomic E-state index is 11.5. The van der Waals surface area contributed by atoms with Crippen molar-refractivity contribution in [2.75, 3.05) is 6.54 Å². The summed E-state index contributed by atoms with van der Waals surface area (Å²) in [6, 6.07) is 4.04. The molecule has 0 aliphatic heterocycles. The number of hydrogen-bond acceptors (Lipinski definition) is 3. The number of halogens is 1. The van der Waals surface area contributed by atoms with E-state index in [1.165, 1.54) is 6.08 Å². The molecule has 0 aliphatic rings. The van der Waals surface area contributed by atoms with Crippen LogP contribution in [0.2, 0.25) is 0 Å². The Morgan fingerprint density at radius 3 is 2.80 bits per heavy atom. The molecule has 0 fully saturated rings. The topological polar surface area (TPSA) is 58.2 Å². The van der Waals surface area contributed by atoms with Gasteiger partial charge in [0, 0.05) is 30.0 Å². The highest BCUT2D eigenvalue weighted by Crippen LogP contribution is 2.22. The number of hydrogen-bond donors (Lipinski definition) is 2. The van der Waals surface area contributed by atoms with Crippen molar-refractivity contribution < 1.29 is 9.59 Å². The molecule has 0 bridgehead atoms. The van der Waals surface area contributed by atoms with E-state index in [0.717, 1.165) is 15.1 Å². The van der Waals surface area contributed by atoms with Crippen LogP contribution in [0.5, 0.6) is 0 Å². The van der Waals surface area contributed by atoms with Gasteiger partial charge in [0.2, 0.25) is 11.8 Å². The summed E-state index contributed by atoms with van der Waals surface area (Å²) in [6.07, 6.45) is 4.43. The molecule has 6 heteroatoms. The Bertz CT molecular complexity index is 485. The van der Waals surface area contributed by atoms with Crippen LogP contribution in [0.3, 0.4) is 0 Å². The van der Waals surface area contributed by atoms with Crippen LogP contribution in [-0.4, -0.2) is 24.4 Å². The highest BCUT2D eigenvalue weighted by Gasteiger charge is 2.05. The lowest BCUT2D eigenvalue weighted by Gasteiger charge is -2.11. The summed E-state index contributed by atoms with van der Waals surface area (Å²) in [4.78, 5) is 24.0. The first kappa shape index (κ1) is 16.9. The highest BCUT2D eigenvalue weighted by atomic mass is 79.9.